The molecule has 0 spiro atoms. The molecular weight excluding hydrogens is 386 g/mol. The van der Waals surface area contributed by atoms with Crippen LogP contribution in [0.2, 0.25) is 0 Å². The number of benzene rings is 1. The van der Waals surface area contributed by atoms with Crippen LogP contribution in [0.1, 0.15) is 22.6 Å². The van der Waals surface area contributed by atoms with Gasteiger partial charge in [0.1, 0.15) is 0 Å². The lowest BCUT2D eigenvalue weighted by molar-refractivity contribution is 0.783. The molecule has 31 heavy (non-hydrogen) atoms. The van der Waals surface area contributed by atoms with Crippen molar-refractivity contribution in [3.8, 4) is 11.3 Å². The molecule has 0 atom stereocenters. The van der Waals surface area contributed by atoms with Crippen LogP contribution >= 0.6 is 0 Å². The Balaban J connectivity index is 1.54. The van der Waals surface area contributed by atoms with Gasteiger partial charge in [0.15, 0.2) is 5.65 Å². The van der Waals surface area contributed by atoms with Gasteiger partial charge in [0.25, 0.3) is 0 Å². The monoisotopic (exact) mass is 411 g/mol. The topological polar surface area (TPSA) is 72.9 Å². The minimum absolute atomic E-state index is 0.811. The van der Waals surface area contributed by atoms with Gasteiger partial charge < -0.3 is 5.32 Å². The Morgan fingerprint density at radius 2 is 1.74 bits per heavy atom. The lowest BCUT2D eigenvalue weighted by atomic mass is 10.1. The highest BCUT2D eigenvalue weighted by atomic mass is 15.3. The van der Waals surface area contributed by atoms with E-state index in [9.17, 15) is 0 Å². The second-order valence-corrected chi connectivity index (χ2v) is 7.95. The molecule has 0 radical (unpaired) electrons. The average molecular weight is 412 g/mol. The van der Waals surface area contributed by atoms with Crippen LogP contribution in [0, 0.1) is 20.8 Å². The van der Waals surface area contributed by atoms with Gasteiger partial charge in [-0.05, 0) is 63.1 Å². The maximum atomic E-state index is 4.87. The van der Waals surface area contributed by atoms with E-state index in [0.717, 1.165) is 63.5 Å². The first-order chi connectivity index (χ1) is 15.0. The third-order valence-electron chi connectivity index (χ3n) is 5.67. The van der Waals surface area contributed by atoms with E-state index in [2.05, 4.69) is 39.7 Å². The van der Waals surface area contributed by atoms with E-state index < -0.39 is 0 Å². The number of rotatable bonds is 5. The predicted molar refractivity (Wildman–Crippen MR) is 123 cm³/mol. The number of pyridine rings is 1. The van der Waals surface area contributed by atoms with Crippen molar-refractivity contribution in [1.29, 1.82) is 0 Å². The van der Waals surface area contributed by atoms with Crippen molar-refractivity contribution in [2.75, 3.05) is 11.9 Å². The van der Waals surface area contributed by atoms with Crippen LogP contribution in [0.25, 0.3) is 27.8 Å². The molecule has 0 aliphatic rings. The zero-order valence-electron chi connectivity index (χ0n) is 18.2. The largest absolute Gasteiger partial charge is 0.382 e. The SMILES string of the molecule is Cc1cc(NCCc2ccncc2)c2nc(C)c(-c3ccc4c(c3)c(C)nn4C)n2n1. The standard InChI is InChI=1S/C24H25N7/c1-15-13-21(26-12-9-18-7-10-25-11-8-18)24-27-17(3)23(31(24)28-15)19-5-6-22-20(14-19)16(2)29-30(22)4/h5-8,10-11,13-14,26H,9,12H2,1-4H3. The number of aromatic nitrogens is 6. The number of nitrogens with one attached hydrogen (secondary N) is 1. The van der Waals surface area contributed by atoms with Crippen molar-refractivity contribution < 1.29 is 0 Å². The van der Waals surface area contributed by atoms with Crippen LogP contribution in [0.15, 0.2) is 48.8 Å². The second kappa shape index (κ2) is 7.50. The van der Waals surface area contributed by atoms with Gasteiger partial charge in [-0.2, -0.15) is 10.2 Å². The van der Waals surface area contributed by atoms with Crippen LogP contribution in [-0.2, 0) is 13.5 Å². The van der Waals surface area contributed by atoms with E-state index in [1.807, 2.05) is 61.5 Å². The Kier molecular flexibility index (Phi) is 4.66. The highest BCUT2D eigenvalue weighted by Gasteiger charge is 2.17. The van der Waals surface area contributed by atoms with Gasteiger partial charge in [-0.3, -0.25) is 9.67 Å². The molecule has 0 fully saturated rings. The normalized spacial score (nSPS) is 11.5. The molecule has 1 aromatic carbocycles. The van der Waals surface area contributed by atoms with Gasteiger partial charge in [-0.25, -0.2) is 9.50 Å². The quantitative estimate of drug-likeness (QED) is 0.468. The zero-order valence-corrected chi connectivity index (χ0v) is 18.2. The van der Waals surface area contributed by atoms with Crippen LogP contribution in [-0.4, -0.2) is 35.9 Å². The van der Waals surface area contributed by atoms with Gasteiger partial charge in [-0.1, -0.05) is 6.07 Å². The van der Waals surface area contributed by atoms with Gasteiger partial charge in [0, 0.05) is 36.9 Å². The number of imidazole rings is 1. The lowest BCUT2D eigenvalue weighted by Crippen LogP contribution is -2.08. The van der Waals surface area contributed by atoms with Crippen LogP contribution < -0.4 is 5.32 Å². The molecule has 5 rings (SSSR count). The molecule has 4 aromatic heterocycles. The molecule has 0 unspecified atom stereocenters. The molecule has 156 valence electrons. The van der Waals surface area contributed by atoms with Crippen molar-refractivity contribution in [3.63, 3.8) is 0 Å². The maximum Gasteiger partial charge on any atom is 0.177 e. The summed E-state index contributed by atoms with van der Waals surface area (Å²) >= 11 is 0. The number of anilines is 1. The van der Waals surface area contributed by atoms with Gasteiger partial charge in [0.2, 0.25) is 0 Å². The summed E-state index contributed by atoms with van der Waals surface area (Å²) in [4.78, 5) is 8.95. The maximum absolute atomic E-state index is 4.87. The molecule has 7 nitrogen and oxygen atoms in total. The number of aryl methyl sites for hydroxylation is 4. The summed E-state index contributed by atoms with van der Waals surface area (Å²) in [6.07, 6.45) is 4.57. The summed E-state index contributed by atoms with van der Waals surface area (Å²) in [7, 11) is 1.98. The van der Waals surface area contributed by atoms with Gasteiger partial charge >= 0.3 is 0 Å². The first kappa shape index (κ1) is 19.2. The number of hydrogen-bond donors (Lipinski definition) is 1. The Bertz CT molecular complexity index is 1400. The molecule has 0 saturated carbocycles. The number of hydrogen-bond acceptors (Lipinski definition) is 5. The zero-order chi connectivity index (χ0) is 21.5. The van der Waals surface area contributed by atoms with E-state index in [1.165, 1.54) is 5.56 Å². The summed E-state index contributed by atoms with van der Waals surface area (Å²) in [5, 5.41) is 14.0. The minimum Gasteiger partial charge on any atom is -0.382 e. The minimum atomic E-state index is 0.811. The van der Waals surface area contributed by atoms with Crippen LogP contribution in [0.3, 0.4) is 0 Å². The summed E-state index contributed by atoms with van der Waals surface area (Å²) in [6.45, 7) is 6.91. The highest BCUT2D eigenvalue weighted by molar-refractivity contribution is 5.87. The highest BCUT2D eigenvalue weighted by Crippen LogP contribution is 2.30. The number of fused-ring (bicyclic) bond motifs is 2. The fourth-order valence-corrected chi connectivity index (χ4v) is 4.19. The summed E-state index contributed by atoms with van der Waals surface area (Å²) in [5.74, 6) is 0. The van der Waals surface area contributed by atoms with Crippen molar-refractivity contribution in [1.82, 2.24) is 29.4 Å². The van der Waals surface area contributed by atoms with Crippen molar-refractivity contribution in [3.05, 3.63) is 71.4 Å². The molecule has 7 heteroatoms. The lowest BCUT2D eigenvalue weighted by Gasteiger charge is -2.10. The average Bonchev–Trinajstić information content (AvgIpc) is 3.23. The summed E-state index contributed by atoms with van der Waals surface area (Å²) in [5.41, 5.74) is 9.24. The van der Waals surface area contributed by atoms with Crippen molar-refractivity contribution in [2.24, 2.45) is 7.05 Å². The van der Waals surface area contributed by atoms with Crippen molar-refractivity contribution in [2.45, 2.75) is 27.2 Å². The smallest absolute Gasteiger partial charge is 0.177 e. The Labute approximate surface area is 180 Å². The van der Waals surface area contributed by atoms with Crippen LogP contribution in [0.4, 0.5) is 5.69 Å². The molecule has 0 aliphatic heterocycles. The third kappa shape index (κ3) is 3.42. The molecule has 0 bridgehead atoms. The molecule has 4 heterocycles. The predicted octanol–water partition coefficient (Wildman–Crippen LogP) is 4.26. The first-order valence-electron chi connectivity index (χ1n) is 10.4. The first-order valence-corrected chi connectivity index (χ1v) is 10.4. The Morgan fingerprint density at radius 1 is 0.935 bits per heavy atom. The molecule has 0 amide bonds. The van der Waals surface area contributed by atoms with E-state index in [0.29, 0.717) is 0 Å². The van der Waals surface area contributed by atoms with E-state index in [1.54, 1.807) is 0 Å². The van der Waals surface area contributed by atoms with E-state index in [4.69, 9.17) is 10.1 Å². The molecule has 1 N–H and O–H groups in total. The van der Waals surface area contributed by atoms with Gasteiger partial charge in [0.05, 0.1) is 34.0 Å². The van der Waals surface area contributed by atoms with Gasteiger partial charge in [-0.15, -0.1) is 0 Å². The van der Waals surface area contributed by atoms with E-state index in [-0.39, 0.29) is 0 Å². The van der Waals surface area contributed by atoms with Crippen molar-refractivity contribution >= 4 is 22.2 Å². The summed E-state index contributed by atoms with van der Waals surface area (Å²) < 4.78 is 3.88. The molecule has 0 saturated heterocycles. The summed E-state index contributed by atoms with van der Waals surface area (Å²) in [6, 6.07) is 12.6. The Hall–Kier alpha value is -3.74. The third-order valence-corrected chi connectivity index (χ3v) is 5.67. The molecule has 0 aliphatic carbocycles. The van der Waals surface area contributed by atoms with E-state index >= 15 is 0 Å². The fraction of sp³-hybridized carbons (Fsp3) is 0.250. The fourth-order valence-electron chi connectivity index (χ4n) is 4.19. The molecule has 5 aromatic rings. The molecular formula is C24H25N7. The number of nitrogens with zero attached hydrogens (tertiary/aromatic N) is 6. The Morgan fingerprint density at radius 3 is 2.55 bits per heavy atom. The second-order valence-electron chi connectivity index (χ2n) is 7.95. The van der Waals surface area contributed by atoms with Crippen LogP contribution in [0.5, 0.6) is 0 Å².